The minimum absolute atomic E-state index is 0.00978. The van der Waals surface area contributed by atoms with Crippen LogP contribution in [0.3, 0.4) is 0 Å². The highest BCUT2D eigenvalue weighted by Gasteiger charge is 2.21. The summed E-state index contributed by atoms with van der Waals surface area (Å²) in [6.07, 6.45) is 4.27. The van der Waals surface area contributed by atoms with Crippen molar-refractivity contribution < 1.29 is 24.0 Å². The van der Waals surface area contributed by atoms with E-state index in [0.29, 0.717) is 25.4 Å². The van der Waals surface area contributed by atoms with E-state index in [-0.39, 0.29) is 13.2 Å². The Kier molecular flexibility index (Phi) is 6.62. The molecule has 0 unspecified atom stereocenters. The first-order valence-electron chi connectivity index (χ1n) is 6.02. The molecule has 0 bridgehead atoms. The standard InChI is InChI=1S/C10H21NO5P/c12-7-2-5-11(9-10-3-1-4-10)6-8-16-17(13,14)15/h10H,1-9H2,(H2,13,14,15). The summed E-state index contributed by atoms with van der Waals surface area (Å²) in [6.45, 7) is 1.97. The fourth-order valence-corrected chi connectivity index (χ4v) is 2.23. The van der Waals surface area contributed by atoms with Gasteiger partial charge in [-0.05, 0) is 25.2 Å². The molecule has 0 aromatic carbocycles. The van der Waals surface area contributed by atoms with Crippen LogP contribution in [0.25, 0.3) is 0 Å². The molecule has 101 valence electrons. The van der Waals surface area contributed by atoms with Crippen LogP contribution < -0.4 is 0 Å². The van der Waals surface area contributed by atoms with Crippen molar-refractivity contribution in [2.24, 2.45) is 5.92 Å². The highest BCUT2D eigenvalue weighted by molar-refractivity contribution is 7.46. The van der Waals surface area contributed by atoms with Gasteiger partial charge in [0.05, 0.1) is 13.2 Å². The third-order valence-electron chi connectivity index (χ3n) is 3.03. The van der Waals surface area contributed by atoms with Crippen molar-refractivity contribution in [1.82, 2.24) is 4.90 Å². The molecule has 1 aliphatic carbocycles. The van der Waals surface area contributed by atoms with Crippen LogP contribution in [0.1, 0.15) is 25.7 Å². The fourth-order valence-electron chi connectivity index (χ4n) is 1.91. The van der Waals surface area contributed by atoms with E-state index in [2.05, 4.69) is 9.42 Å². The average Bonchev–Trinajstić information content (AvgIpc) is 2.16. The van der Waals surface area contributed by atoms with Gasteiger partial charge in [0.1, 0.15) is 0 Å². The number of hydrogen-bond acceptors (Lipinski definition) is 3. The van der Waals surface area contributed by atoms with Crippen LogP contribution in [0.5, 0.6) is 0 Å². The molecule has 0 heterocycles. The fraction of sp³-hybridized carbons (Fsp3) is 1.00. The van der Waals surface area contributed by atoms with Crippen molar-refractivity contribution in [3.8, 4) is 0 Å². The second-order valence-electron chi connectivity index (χ2n) is 4.48. The predicted molar refractivity (Wildman–Crippen MR) is 61.9 cm³/mol. The van der Waals surface area contributed by atoms with Crippen molar-refractivity contribution >= 4 is 7.82 Å². The molecule has 1 rings (SSSR count). The van der Waals surface area contributed by atoms with E-state index in [1.807, 2.05) is 0 Å². The van der Waals surface area contributed by atoms with Gasteiger partial charge in [-0.25, -0.2) is 9.67 Å². The highest BCUT2D eigenvalue weighted by atomic mass is 31.2. The van der Waals surface area contributed by atoms with Crippen molar-refractivity contribution in [2.75, 3.05) is 32.8 Å². The normalized spacial score (nSPS) is 17.4. The number of phosphoric acid groups is 1. The Morgan fingerprint density at radius 3 is 2.47 bits per heavy atom. The molecule has 0 amide bonds. The van der Waals surface area contributed by atoms with Crippen molar-refractivity contribution in [1.29, 1.82) is 0 Å². The summed E-state index contributed by atoms with van der Waals surface area (Å²) in [5.41, 5.74) is 0. The molecule has 17 heavy (non-hydrogen) atoms. The van der Waals surface area contributed by atoms with Crippen LogP contribution in [0, 0.1) is 5.92 Å². The van der Waals surface area contributed by atoms with Crippen LogP contribution in [-0.4, -0.2) is 47.5 Å². The molecule has 2 N–H and O–H groups in total. The number of rotatable bonds is 9. The summed E-state index contributed by atoms with van der Waals surface area (Å²) in [5.74, 6) is 0.678. The zero-order valence-electron chi connectivity index (χ0n) is 9.95. The van der Waals surface area contributed by atoms with Gasteiger partial charge in [0.2, 0.25) is 0 Å². The summed E-state index contributed by atoms with van der Waals surface area (Å²) >= 11 is 0. The molecule has 1 saturated carbocycles. The topological polar surface area (TPSA) is 89.9 Å². The SMILES string of the molecule is [O]CCCN(CCOP(=O)(O)O)CC1CCC1. The zero-order chi connectivity index (χ0) is 12.7. The Balaban J connectivity index is 2.21. The summed E-state index contributed by atoms with van der Waals surface area (Å²) in [6, 6.07) is 0. The van der Waals surface area contributed by atoms with E-state index in [9.17, 15) is 9.67 Å². The Morgan fingerprint density at radius 1 is 1.29 bits per heavy atom. The second kappa shape index (κ2) is 7.46. The molecular formula is C10H21NO5P. The lowest BCUT2D eigenvalue weighted by atomic mass is 9.85. The zero-order valence-corrected chi connectivity index (χ0v) is 10.8. The first kappa shape index (κ1) is 15.1. The summed E-state index contributed by atoms with van der Waals surface area (Å²) < 4.78 is 14.9. The molecule has 7 heteroatoms. The van der Waals surface area contributed by atoms with Crippen LogP contribution in [-0.2, 0) is 14.2 Å². The van der Waals surface area contributed by atoms with E-state index >= 15 is 0 Å². The number of nitrogens with zero attached hydrogens (tertiary/aromatic N) is 1. The summed E-state index contributed by atoms with van der Waals surface area (Å²) in [5, 5.41) is 10.5. The molecule has 1 fully saturated rings. The molecule has 1 aliphatic rings. The number of hydrogen-bond donors (Lipinski definition) is 2. The van der Waals surface area contributed by atoms with Crippen molar-refractivity contribution in [3.63, 3.8) is 0 Å². The van der Waals surface area contributed by atoms with Gasteiger partial charge in [-0.1, -0.05) is 6.42 Å². The van der Waals surface area contributed by atoms with E-state index in [1.54, 1.807) is 0 Å². The molecular weight excluding hydrogens is 245 g/mol. The Morgan fingerprint density at radius 2 is 2.00 bits per heavy atom. The van der Waals surface area contributed by atoms with Gasteiger partial charge >= 0.3 is 7.82 Å². The molecule has 0 aliphatic heterocycles. The average molecular weight is 266 g/mol. The Hall–Kier alpha value is 0.0300. The third-order valence-corrected chi connectivity index (χ3v) is 3.55. The summed E-state index contributed by atoms with van der Waals surface area (Å²) in [4.78, 5) is 19.2. The minimum Gasteiger partial charge on any atom is -0.303 e. The third kappa shape index (κ3) is 7.13. The Bertz CT molecular complexity index is 253. The van der Waals surface area contributed by atoms with Gasteiger partial charge in [0, 0.05) is 19.6 Å². The first-order valence-corrected chi connectivity index (χ1v) is 7.55. The quantitative estimate of drug-likeness (QED) is 0.608. The first-order chi connectivity index (χ1) is 8.01. The largest absolute Gasteiger partial charge is 0.469 e. The van der Waals surface area contributed by atoms with Crippen LogP contribution in [0.4, 0.5) is 0 Å². The molecule has 0 aromatic rings. The molecule has 0 saturated heterocycles. The highest BCUT2D eigenvalue weighted by Crippen LogP contribution is 2.35. The van der Waals surface area contributed by atoms with Gasteiger partial charge in [-0.15, -0.1) is 0 Å². The second-order valence-corrected chi connectivity index (χ2v) is 5.72. The molecule has 0 atom stereocenters. The molecule has 0 spiro atoms. The maximum atomic E-state index is 10.5. The van der Waals surface area contributed by atoms with Gasteiger partial charge in [-0.3, -0.25) is 4.52 Å². The monoisotopic (exact) mass is 266 g/mol. The van der Waals surface area contributed by atoms with E-state index in [4.69, 9.17) is 9.79 Å². The van der Waals surface area contributed by atoms with Gasteiger partial charge in [0.15, 0.2) is 0 Å². The lowest BCUT2D eigenvalue weighted by Gasteiger charge is -2.32. The maximum absolute atomic E-state index is 10.5. The van der Waals surface area contributed by atoms with Crippen LogP contribution in [0.15, 0.2) is 0 Å². The lowest BCUT2D eigenvalue weighted by Crippen LogP contribution is -2.35. The van der Waals surface area contributed by atoms with Gasteiger partial charge < -0.3 is 14.7 Å². The minimum atomic E-state index is -4.36. The summed E-state index contributed by atoms with van der Waals surface area (Å²) in [7, 11) is -4.36. The van der Waals surface area contributed by atoms with Crippen molar-refractivity contribution in [2.45, 2.75) is 25.7 Å². The van der Waals surface area contributed by atoms with Crippen LogP contribution >= 0.6 is 7.82 Å². The molecule has 1 radical (unpaired) electrons. The van der Waals surface area contributed by atoms with E-state index < -0.39 is 7.82 Å². The van der Waals surface area contributed by atoms with Crippen molar-refractivity contribution in [3.05, 3.63) is 0 Å². The lowest BCUT2D eigenvalue weighted by molar-refractivity contribution is 0.116. The molecule has 0 aromatic heterocycles. The number of phosphoric ester groups is 1. The van der Waals surface area contributed by atoms with Gasteiger partial charge in [0.25, 0.3) is 0 Å². The van der Waals surface area contributed by atoms with Gasteiger partial charge in [-0.2, -0.15) is 0 Å². The maximum Gasteiger partial charge on any atom is 0.469 e. The predicted octanol–water partition coefficient (Wildman–Crippen LogP) is 1.02. The van der Waals surface area contributed by atoms with Crippen LogP contribution in [0.2, 0.25) is 0 Å². The Labute approximate surface area is 102 Å². The molecule has 6 nitrogen and oxygen atoms in total. The smallest absolute Gasteiger partial charge is 0.303 e. The van der Waals surface area contributed by atoms with E-state index in [0.717, 1.165) is 6.54 Å². The van der Waals surface area contributed by atoms with E-state index in [1.165, 1.54) is 19.3 Å².